The van der Waals surface area contributed by atoms with Crippen LogP contribution in [-0.4, -0.2) is 45.5 Å². The van der Waals surface area contributed by atoms with Gasteiger partial charge in [-0.25, -0.2) is 0 Å². The minimum absolute atomic E-state index is 0.0970. The zero-order valence-corrected chi connectivity index (χ0v) is 17.1. The first kappa shape index (κ1) is 21.6. The Balaban J connectivity index is 2.27. The molecule has 0 atom stereocenters. The molecule has 0 aliphatic heterocycles. The highest BCUT2D eigenvalue weighted by molar-refractivity contribution is 7.98. The first-order valence-corrected chi connectivity index (χ1v) is 9.83. The van der Waals surface area contributed by atoms with Crippen LogP contribution in [0.3, 0.4) is 0 Å². The summed E-state index contributed by atoms with van der Waals surface area (Å²) in [6.07, 6.45) is 1.98. The first-order valence-electron chi connectivity index (χ1n) is 8.61. The van der Waals surface area contributed by atoms with Gasteiger partial charge < -0.3 is 24.8 Å². The Kier molecular flexibility index (Phi) is 8.16. The monoisotopic (exact) mass is 404 g/mol. The summed E-state index contributed by atoms with van der Waals surface area (Å²) in [5.41, 5.74) is 1.31. The molecule has 0 unspecified atom stereocenters. The van der Waals surface area contributed by atoms with Crippen LogP contribution in [0.4, 0.5) is 11.4 Å². The number of rotatable bonds is 9. The zero-order valence-electron chi connectivity index (χ0n) is 16.3. The molecule has 0 spiro atoms. The molecule has 0 saturated carbocycles. The summed E-state index contributed by atoms with van der Waals surface area (Å²) >= 11 is 1.62. The Labute approximate surface area is 168 Å². The van der Waals surface area contributed by atoms with Gasteiger partial charge in [-0.05, 0) is 49.6 Å². The Hall–Kier alpha value is -2.71. The maximum absolute atomic E-state index is 12.7. The smallest absolute Gasteiger partial charge is 0.255 e. The number of methoxy groups -OCH3 is 2. The van der Waals surface area contributed by atoms with Crippen molar-refractivity contribution in [2.24, 2.45) is 0 Å². The van der Waals surface area contributed by atoms with Crippen molar-refractivity contribution >= 4 is 35.0 Å². The van der Waals surface area contributed by atoms with E-state index in [2.05, 4.69) is 10.6 Å². The maximum atomic E-state index is 12.7. The highest BCUT2D eigenvalue weighted by Gasteiger charge is 2.18. The molecule has 0 aromatic heterocycles. The molecule has 0 heterocycles. The molecule has 8 heteroatoms. The third-order valence-corrected chi connectivity index (χ3v) is 4.54. The second-order valence-electron chi connectivity index (χ2n) is 5.63. The second-order valence-corrected chi connectivity index (χ2v) is 6.51. The standard InChI is InChI=1S/C20H24N2O5S/c1-5-27-12-18(23)22-16-10-13(11-17(25-2)19(16)26-3)20(24)21-14-6-8-15(28-4)9-7-14/h6-11H,5,12H2,1-4H3,(H,21,24)(H,22,23). The van der Waals surface area contributed by atoms with Gasteiger partial charge in [0.15, 0.2) is 11.5 Å². The van der Waals surface area contributed by atoms with Gasteiger partial charge in [0.1, 0.15) is 6.61 Å². The van der Waals surface area contributed by atoms with Gasteiger partial charge in [-0.1, -0.05) is 0 Å². The maximum Gasteiger partial charge on any atom is 0.255 e. The predicted octanol–water partition coefficient (Wildman–Crippen LogP) is 3.65. The van der Waals surface area contributed by atoms with Gasteiger partial charge in [-0.15, -0.1) is 11.8 Å². The van der Waals surface area contributed by atoms with Crippen molar-refractivity contribution in [3.05, 3.63) is 42.0 Å². The number of benzene rings is 2. The van der Waals surface area contributed by atoms with Crippen LogP contribution in [0.5, 0.6) is 11.5 Å². The number of carbonyl (C=O) groups excluding carboxylic acids is 2. The Morgan fingerprint density at radius 2 is 1.75 bits per heavy atom. The predicted molar refractivity (Wildman–Crippen MR) is 111 cm³/mol. The Bertz CT molecular complexity index is 824. The average Bonchev–Trinajstić information content (AvgIpc) is 2.72. The first-order chi connectivity index (χ1) is 13.5. The lowest BCUT2D eigenvalue weighted by Crippen LogP contribution is -2.20. The molecule has 2 aromatic carbocycles. The van der Waals surface area contributed by atoms with Crippen LogP contribution < -0.4 is 20.1 Å². The van der Waals surface area contributed by atoms with E-state index in [9.17, 15) is 9.59 Å². The summed E-state index contributed by atoms with van der Waals surface area (Å²) in [7, 11) is 2.93. The lowest BCUT2D eigenvalue weighted by atomic mass is 10.1. The van der Waals surface area contributed by atoms with E-state index >= 15 is 0 Å². The number of anilines is 2. The van der Waals surface area contributed by atoms with Crippen LogP contribution in [0.2, 0.25) is 0 Å². The highest BCUT2D eigenvalue weighted by Crippen LogP contribution is 2.37. The van der Waals surface area contributed by atoms with Crippen molar-refractivity contribution < 1.29 is 23.8 Å². The molecule has 7 nitrogen and oxygen atoms in total. The van der Waals surface area contributed by atoms with E-state index in [-0.39, 0.29) is 18.4 Å². The molecule has 0 bridgehead atoms. The van der Waals surface area contributed by atoms with Crippen molar-refractivity contribution in [1.82, 2.24) is 0 Å². The van der Waals surface area contributed by atoms with E-state index in [4.69, 9.17) is 14.2 Å². The van der Waals surface area contributed by atoms with Gasteiger partial charge in [-0.2, -0.15) is 0 Å². The molecule has 0 aliphatic carbocycles. The van der Waals surface area contributed by atoms with Gasteiger partial charge in [0.2, 0.25) is 5.91 Å². The molecule has 2 amide bonds. The van der Waals surface area contributed by atoms with Crippen molar-refractivity contribution in [1.29, 1.82) is 0 Å². The largest absolute Gasteiger partial charge is 0.493 e. The van der Waals surface area contributed by atoms with Gasteiger partial charge >= 0.3 is 0 Å². The van der Waals surface area contributed by atoms with Crippen LogP contribution in [0, 0.1) is 0 Å². The second kappa shape index (κ2) is 10.6. The van der Waals surface area contributed by atoms with Crippen molar-refractivity contribution in [2.45, 2.75) is 11.8 Å². The van der Waals surface area contributed by atoms with Gasteiger partial charge in [0.25, 0.3) is 5.91 Å². The minimum atomic E-state index is -0.354. The summed E-state index contributed by atoms with van der Waals surface area (Å²) in [6, 6.07) is 10.6. The molecular formula is C20H24N2O5S. The minimum Gasteiger partial charge on any atom is -0.493 e. The molecule has 2 aromatic rings. The van der Waals surface area contributed by atoms with E-state index in [1.807, 2.05) is 30.5 Å². The fourth-order valence-corrected chi connectivity index (χ4v) is 2.86. The summed E-state index contributed by atoms with van der Waals surface area (Å²) in [5.74, 6) is -0.0293. The van der Waals surface area contributed by atoms with E-state index < -0.39 is 0 Å². The van der Waals surface area contributed by atoms with E-state index in [0.717, 1.165) is 4.90 Å². The molecule has 2 rings (SSSR count). The lowest BCUT2D eigenvalue weighted by molar-refractivity contribution is -0.120. The molecule has 2 N–H and O–H groups in total. The third-order valence-electron chi connectivity index (χ3n) is 3.80. The SMILES string of the molecule is CCOCC(=O)Nc1cc(C(=O)Nc2ccc(SC)cc2)cc(OC)c1OC. The van der Waals surface area contributed by atoms with Gasteiger partial charge in [-0.3, -0.25) is 9.59 Å². The molecule has 28 heavy (non-hydrogen) atoms. The summed E-state index contributed by atoms with van der Waals surface area (Å²) in [5, 5.41) is 5.52. The number of hydrogen-bond donors (Lipinski definition) is 2. The lowest BCUT2D eigenvalue weighted by Gasteiger charge is -2.16. The fraction of sp³-hybridized carbons (Fsp3) is 0.300. The normalized spacial score (nSPS) is 10.3. The van der Waals surface area contributed by atoms with Gasteiger partial charge in [0.05, 0.1) is 19.9 Å². The fourth-order valence-electron chi connectivity index (χ4n) is 2.45. The number of thioether (sulfide) groups is 1. The summed E-state index contributed by atoms with van der Waals surface area (Å²) < 4.78 is 15.8. The number of carbonyl (C=O) groups is 2. The van der Waals surface area contributed by atoms with E-state index in [1.54, 1.807) is 24.8 Å². The van der Waals surface area contributed by atoms with Crippen molar-refractivity contribution in [3.8, 4) is 11.5 Å². The topological polar surface area (TPSA) is 85.9 Å². The van der Waals surface area contributed by atoms with Crippen LogP contribution in [0.1, 0.15) is 17.3 Å². The molecule has 0 fully saturated rings. The Morgan fingerprint density at radius 3 is 2.32 bits per heavy atom. The number of nitrogens with one attached hydrogen (secondary N) is 2. The van der Waals surface area contributed by atoms with E-state index in [1.165, 1.54) is 20.3 Å². The third kappa shape index (κ3) is 5.64. The van der Waals surface area contributed by atoms with Crippen LogP contribution in [0.15, 0.2) is 41.3 Å². The van der Waals surface area contributed by atoms with Crippen molar-refractivity contribution in [2.75, 3.05) is 44.3 Å². The molecule has 0 aliphatic rings. The number of amides is 2. The summed E-state index contributed by atoms with van der Waals surface area (Å²) in [6.45, 7) is 2.12. The van der Waals surface area contributed by atoms with Crippen LogP contribution >= 0.6 is 11.8 Å². The van der Waals surface area contributed by atoms with Crippen LogP contribution in [-0.2, 0) is 9.53 Å². The van der Waals surface area contributed by atoms with Crippen LogP contribution in [0.25, 0.3) is 0 Å². The quantitative estimate of drug-likeness (QED) is 0.621. The molecular weight excluding hydrogens is 380 g/mol. The number of hydrogen-bond acceptors (Lipinski definition) is 6. The zero-order chi connectivity index (χ0) is 20.5. The van der Waals surface area contributed by atoms with E-state index in [0.29, 0.717) is 35.0 Å². The van der Waals surface area contributed by atoms with Crippen molar-refractivity contribution in [3.63, 3.8) is 0 Å². The Morgan fingerprint density at radius 1 is 1.04 bits per heavy atom. The molecule has 0 radical (unpaired) electrons. The highest BCUT2D eigenvalue weighted by atomic mass is 32.2. The summed E-state index contributed by atoms with van der Waals surface area (Å²) in [4.78, 5) is 25.8. The van der Waals surface area contributed by atoms with Gasteiger partial charge in [0, 0.05) is 22.8 Å². The molecule has 150 valence electrons. The molecule has 0 saturated heterocycles. The average molecular weight is 404 g/mol. The number of ether oxygens (including phenoxy) is 3.